The van der Waals surface area contributed by atoms with Gasteiger partial charge in [-0.25, -0.2) is 9.59 Å². The number of rotatable bonds is 6. The molecule has 0 bridgehead atoms. The highest BCUT2D eigenvalue weighted by molar-refractivity contribution is 5.87. The number of carbonyl (C=O) groups excluding carboxylic acids is 2. The Morgan fingerprint density at radius 1 is 1.33 bits per heavy atom. The van der Waals surface area contributed by atoms with Gasteiger partial charge in [-0.3, -0.25) is 4.79 Å². The maximum absolute atomic E-state index is 12.0. The van der Waals surface area contributed by atoms with Gasteiger partial charge in [-0.1, -0.05) is 0 Å². The van der Waals surface area contributed by atoms with Gasteiger partial charge in [0.2, 0.25) is 5.91 Å². The third-order valence-electron chi connectivity index (χ3n) is 3.53. The zero-order chi connectivity index (χ0) is 16.0. The summed E-state index contributed by atoms with van der Waals surface area (Å²) in [6, 6.07) is -1.72. The minimum Gasteiger partial charge on any atom is -0.480 e. The third-order valence-corrected chi connectivity index (χ3v) is 3.53. The van der Waals surface area contributed by atoms with Crippen molar-refractivity contribution < 1.29 is 19.5 Å². The van der Waals surface area contributed by atoms with Crippen LogP contribution in [-0.4, -0.2) is 72.6 Å². The van der Waals surface area contributed by atoms with Crippen LogP contribution < -0.4 is 11.1 Å². The number of amides is 3. The summed E-state index contributed by atoms with van der Waals surface area (Å²) in [4.78, 5) is 37.5. The topological polar surface area (TPSA) is 116 Å². The normalized spacial score (nSPS) is 17.6. The van der Waals surface area contributed by atoms with Crippen molar-refractivity contribution >= 4 is 17.9 Å². The summed E-state index contributed by atoms with van der Waals surface area (Å²) in [6.45, 7) is 2.16. The van der Waals surface area contributed by atoms with Crippen LogP contribution in [0.4, 0.5) is 4.79 Å². The smallest absolute Gasteiger partial charge is 0.326 e. The maximum Gasteiger partial charge on any atom is 0.326 e. The Morgan fingerprint density at radius 2 is 1.90 bits per heavy atom. The van der Waals surface area contributed by atoms with Gasteiger partial charge in [-0.05, 0) is 32.9 Å². The summed E-state index contributed by atoms with van der Waals surface area (Å²) in [5.74, 6) is -1.47. The number of carbonyl (C=O) groups is 3. The second-order valence-electron chi connectivity index (χ2n) is 5.70. The second-order valence-corrected chi connectivity index (χ2v) is 5.70. The molecule has 0 aromatic carbocycles. The lowest BCUT2D eigenvalue weighted by Crippen LogP contribution is -2.51. The van der Waals surface area contributed by atoms with Gasteiger partial charge in [0.15, 0.2) is 0 Å². The molecule has 0 unspecified atom stereocenters. The van der Waals surface area contributed by atoms with E-state index in [0.717, 1.165) is 19.4 Å². The minimum absolute atomic E-state index is 0.405. The van der Waals surface area contributed by atoms with Crippen molar-refractivity contribution in [3.63, 3.8) is 0 Å². The second kappa shape index (κ2) is 7.82. The first-order chi connectivity index (χ1) is 9.79. The summed E-state index contributed by atoms with van der Waals surface area (Å²) in [5, 5.41) is 11.3. The van der Waals surface area contributed by atoms with Crippen LogP contribution in [0.2, 0.25) is 0 Å². The van der Waals surface area contributed by atoms with Crippen LogP contribution in [0.1, 0.15) is 19.3 Å². The van der Waals surface area contributed by atoms with Crippen LogP contribution in [-0.2, 0) is 9.59 Å². The van der Waals surface area contributed by atoms with Crippen LogP contribution in [0, 0.1) is 5.92 Å². The zero-order valence-corrected chi connectivity index (χ0v) is 12.5. The fraction of sp³-hybridized carbons (Fsp3) is 0.769. The van der Waals surface area contributed by atoms with E-state index < -0.39 is 30.4 Å². The van der Waals surface area contributed by atoms with Gasteiger partial charge < -0.3 is 26.0 Å². The number of urea groups is 1. The van der Waals surface area contributed by atoms with E-state index in [1.54, 1.807) is 4.90 Å². The van der Waals surface area contributed by atoms with E-state index in [0.29, 0.717) is 19.0 Å². The molecule has 0 aromatic rings. The van der Waals surface area contributed by atoms with Crippen LogP contribution >= 0.6 is 0 Å². The molecule has 1 fully saturated rings. The van der Waals surface area contributed by atoms with Crippen LogP contribution in [0.5, 0.6) is 0 Å². The number of hydrogen-bond acceptors (Lipinski definition) is 4. The lowest BCUT2D eigenvalue weighted by molar-refractivity contribution is -0.141. The number of piperidine rings is 1. The first kappa shape index (κ1) is 17.2. The van der Waals surface area contributed by atoms with Gasteiger partial charge >= 0.3 is 12.0 Å². The quantitative estimate of drug-likeness (QED) is 0.600. The SMILES string of the molecule is CN(C)CC1CCN(C(=O)N[C@H](CC(N)=O)C(=O)O)CC1. The summed E-state index contributed by atoms with van der Waals surface area (Å²) in [7, 11) is 4.03. The molecule has 8 nitrogen and oxygen atoms in total. The van der Waals surface area contributed by atoms with Gasteiger partial charge in [0.1, 0.15) is 6.04 Å². The zero-order valence-electron chi connectivity index (χ0n) is 12.5. The van der Waals surface area contributed by atoms with Gasteiger partial charge in [-0.2, -0.15) is 0 Å². The van der Waals surface area contributed by atoms with Gasteiger partial charge in [0, 0.05) is 19.6 Å². The Labute approximate surface area is 124 Å². The number of aliphatic carboxylic acids is 1. The van der Waals surface area contributed by atoms with Gasteiger partial charge in [0.05, 0.1) is 6.42 Å². The van der Waals surface area contributed by atoms with Gasteiger partial charge in [0.25, 0.3) is 0 Å². The average molecular weight is 300 g/mol. The van der Waals surface area contributed by atoms with E-state index in [2.05, 4.69) is 10.2 Å². The molecule has 1 rings (SSSR count). The number of nitrogens with zero attached hydrogens (tertiary/aromatic N) is 2. The molecule has 8 heteroatoms. The summed E-state index contributed by atoms with van der Waals surface area (Å²) >= 11 is 0. The average Bonchev–Trinajstić information content (AvgIpc) is 2.37. The molecule has 1 aliphatic heterocycles. The van der Waals surface area contributed by atoms with E-state index in [-0.39, 0.29) is 0 Å². The van der Waals surface area contributed by atoms with Crippen LogP contribution in [0.25, 0.3) is 0 Å². The molecule has 0 aromatic heterocycles. The van der Waals surface area contributed by atoms with Crippen molar-refractivity contribution in [3.8, 4) is 0 Å². The molecule has 21 heavy (non-hydrogen) atoms. The first-order valence-corrected chi connectivity index (χ1v) is 7.01. The lowest BCUT2D eigenvalue weighted by atomic mass is 9.96. The predicted molar refractivity (Wildman–Crippen MR) is 76.6 cm³/mol. The molecule has 0 aliphatic carbocycles. The molecule has 0 saturated carbocycles. The molecule has 0 spiro atoms. The standard InChI is InChI=1S/C13H24N4O4/c1-16(2)8-9-3-5-17(6-4-9)13(21)15-10(12(19)20)7-11(14)18/h9-10H,3-8H2,1-2H3,(H2,14,18)(H,15,21)(H,19,20)/t10-/m1/s1. The Balaban J connectivity index is 2.45. The van der Waals surface area contributed by atoms with Crippen LogP contribution in [0.15, 0.2) is 0 Å². The third kappa shape index (κ3) is 5.99. The molecule has 0 radical (unpaired) electrons. The molecule has 3 amide bonds. The van der Waals surface area contributed by atoms with Crippen molar-refractivity contribution in [2.45, 2.75) is 25.3 Å². The van der Waals surface area contributed by atoms with E-state index in [9.17, 15) is 14.4 Å². The van der Waals surface area contributed by atoms with Crippen molar-refractivity contribution in [2.75, 3.05) is 33.7 Å². The highest BCUT2D eigenvalue weighted by atomic mass is 16.4. The van der Waals surface area contributed by atoms with E-state index in [4.69, 9.17) is 10.8 Å². The summed E-state index contributed by atoms with van der Waals surface area (Å²) in [6.07, 6.45) is 1.37. The number of nitrogens with two attached hydrogens (primary N) is 1. The van der Waals surface area contributed by atoms with E-state index in [1.807, 2.05) is 14.1 Å². The molecular formula is C13H24N4O4. The number of nitrogens with one attached hydrogen (secondary N) is 1. The van der Waals surface area contributed by atoms with Crippen molar-refractivity contribution in [1.29, 1.82) is 0 Å². The maximum atomic E-state index is 12.0. The largest absolute Gasteiger partial charge is 0.480 e. The number of carboxylic acid groups (broad SMARTS) is 1. The van der Waals surface area contributed by atoms with Crippen LogP contribution in [0.3, 0.4) is 0 Å². The summed E-state index contributed by atoms with van der Waals surface area (Å²) < 4.78 is 0. The monoisotopic (exact) mass is 300 g/mol. The van der Waals surface area contributed by atoms with Gasteiger partial charge in [-0.15, -0.1) is 0 Å². The van der Waals surface area contributed by atoms with Crippen molar-refractivity contribution in [3.05, 3.63) is 0 Å². The Bertz CT molecular complexity index is 392. The fourth-order valence-electron chi connectivity index (χ4n) is 2.48. The Morgan fingerprint density at radius 3 is 2.33 bits per heavy atom. The first-order valence-electron chi connectivity index (χ1n) is 7.01. The van der Waals surface area contributed by atoms with E-state index >= 15 is 0 Å². The number of likely N-dealkylation sites (tertiary alicyclic amines) is 1. The Kier molecular flexibility index (Phi) is 6.41. The fourth-order valence-corrected chi connectivity index (χ4v) is 2.48. The molecule has 1 heterocycles. The van der Waals surface area contributed by atoms with Crippen molar-refractivity contribution in [1.82, 2.24) is 15.1 Å². The molecule has 1 atom stereocenters. The molecule has 1 saturated heterocycles. The highest BCUT2D eigenvalue weighted by Crippen LogP contribution is 2.17. The minimum atomic E-state index is -1.27. The Hall–Kier alpha value is -1.83. The van der Waals surface area contributed by atoms with Crippen molar-refractivity contribution in [2.24, 2.45) is 11.7 Å². The predicted octanol–water partition coefficient (Wildman–Crippen LogP) is -0.702. The number of carboxylic acids is 1. The summed E-state index contributed by atoms with van der Waals surface area (Å²) in [5.41, 5.74) is 4.98. The van der Waals surface area contributed by atoms with E-state index in [1.165, 1.54) is 0 Å². The number of primary amides is 1. The highest BCUT2D eigenvalue weighted by Gasteiger charge is 2.27. The number of hydrogen-bond donors (Lipinski definition) is 3. The molecule has 4 N–H and O–H groups in total. The molecule has 1 aliphatic rings. The lowest BCUT2D eigenvalue weighted by Gasteiger charge is -2.33. The molecule has 120 valence electrons. The molecular weight excluding hydrogens is 276 g/mol.